The van der Waals surface area contributed by atoms with Crippen molar-refractivity contribution in [1.29, 1.82) is 0 Å². The number of nitrogens with zero attached hydrogens (tertiary/aromatic N) is 3. The number of hydrogen-bond donors (Lipinski definition) is 0. The van der Waals surface area contributed by atoms with Gasteiger partial charge in [-0.05, 0) is 51.3 Å². The van der Waals surface area contributed by atoms with E-state index in [4.69, 9.17) is 9.84 Å². The van der Waals surface area contributed by atoms with Gasteiger partial charge in [0.15, 0.2) is 0 Å². The van der Waals surface area contributed by atoms with Crippen LogP contribution in [-0.2, 0) is 14.3 Å². The minimum atomic E-state index is -0.163. The lowest BCUT2D eigenvalue weighted by Crippen LogP contribution is -2.44. The number of ether oxygens (including phenoxy) is 1. The number of aryl methyl sites for hydroxylation is 2. The van der Waals surface area contributed by atoms with Crippen LogP contribution in [0.4, 0.5) is 0 Å². The molecule has 174 valence electrons. The summed E-state index contributed by atoms with van der Waals surface area (Å²) in [7, 11) is 0. The summed E-state index contributed by atoms with van der Waals surface area (Å²) in [6.07, 6.45) is 2.38. The van der Waals surface area contributed by atoms with Gasteiger partial charge in [0.05, 0.1) is 30.8 Å². The summed E-state index contributed by atoms with van der Waals surface area (Å²) in [5, 5.41) is 6.47. The smallest absolute Gasteiger partial charge is 0.310 e. The lowest BCUT2D eigenvalue weighted by molar-refractivity contribution is -0.150. The van der Waals surface area contributed by atoms with E-state index in [1.807, 2.05) is 13.0 Å². The maximum atomic E-state index is 13.5. The monoisotopic (exact) mass is 447 g/mol. The zero-order chi connectivity index (χ0) is 23.4. The van der Waals surface area contributed by atoms with E-state index < -0.39 is 0 Å². The molecule has 6 nitrogen and oxygen atoms in total. The van der Waals surface area contributed by atoms with Gasteiger partial charge < -0.3 is 4.74 Å². The molecule has 1 amide bonds. The second kappa shape index (κ2) is 10.3. The molecule has 4 rings (SSSR count). The molecule has 0 radical (unpaired) electrons. The van der Waals surface area contributed by atoms with E-state index in [9.17, 15) is 9.59 Å². The lowest BCUT2D eigenvalue weighted by Gasteiger charge is -2.32. The van der Waals surface area contributed by atoms with Crippen LogP contribution in [0.1, 0.15) is 54.5 Å². The largest absolute Gasteiger partial charge is 0.466 e. The molecule has 0 bridgehead atoms. The molecule has 6 heteroatoms. The number of likely N-dealkylation sites (tertiary alicyclic amines) is 1. The molecule has 1 fully saturated rings. The first kappa shape index (κ1) is 23.2. The summed E-state index contributed by atoms with van der Waals surface area (Å²) >= 11 is 0. The van der Waals surface area contributed by atoms with E-state index in [2.05, 4.69) is 61.2 Å². The van der Waals surface area contributed by atoms with Crippen molar-refractivity contribution in [1.82, 2.24) is 9.91 Å². The summed E-state index contributed by atoms with van der Waals surface area (Å²) in [5.74, 6) is -0.356. The Kier molecular flexibility index (Phi) is 7.23. The van der Waals surface area contributed by atoms with Crippen LogP contribution in [0, 0.1) is 19.8 Å². The van der Waals surface area contributed by atoms with Gasteiger partial charge in [-0.2, -0.15) is 5.10 Å². The highest BCUT2D eigenvalue weighted by Gasteiger charge is 2.35. The van der Waals surface area contributed by atoms with E-state index >= 15 is 0 Å². The number of amides is 1. The van der Waals surface area contributed by atoms with Crippen LogP contribution in [0.5, 0.6) is 0 Å². The highest BCUT2D eigenvalue weighted by atomic mass is 16.5. The van der Waals surface area contributed by atoms with Crippen molar-refractivity contribution in [2.24, 2.45) is 11.0 Å². The van der Waals surface area contributed by atoms with Gasteiger partial charge in [0.25, 0.3) is 5.91 Å². The summed E-state index contributed by atoms with van der Waals surface area (Å²) in [6, 6.07) is 16.5. The predicted molar refractivity (Wildman–Crippen MR) is 129 cm³/mol. The maximum absolute atomic E-state index is 13.5. The minimum absolute atomic E-state index is 0.0345. The first-order chi connectivity index (χ1) is 15.9. The molecular weight excluding hydrogens is 414 g/mol. The van der Waals surface area contributed by atoms with Crippen molar-refractivity contribution < 1.29 is 14.3 Å². The number of carbonyl (C=O) groups excluding carboxylic acids is 2. The fourth-order valence-corrected chi connectivity index (χ4v) is 4.70. The van der Waals surface area contributed by atoms with Gasteiger partial charge >= 0.3 is 5.97 Å². The number of rotatable bonds is 6. The molecule has 2 aliphatic heterocycles. The Morgan fingerprint density at radius 2 is 1.88 bits per heavy atom. The number of hydrazone groups is 1. The van der Waals surface area contributed by atoms with Crippen molar-refractivity contribution in [2.75, 3.05) is 26.2 Å². The Morgan fingerprint density at radius 1 is 1.09 bits per heavy atom. The van der Waals surface area contributed by atoms with Gasteiger partial charge in [-0.25, -0.2) is 5.01 Å². The zero-order valence-electron chi connectivity index (χ0n) is 19.8. The Morgan fingerprint density at radius 3 is 2.61 bits per heavy atom. The SMILES string of the molecule is CCOC(=O)[C@H]1CCCN(CC(=O)N2N=C(c3cccc(C)c3)C[C@H]2c2ccc(C)cc2)C1. The summed E-state index contributed by atoms with van der Waals surface area (Å²) in [4.78, 5) is 27.8. The summed E-state index contributed by atoms with van der Waals surface area (Å²) in [6.45, 7) is 7.95. The van der Waals surface area contributed by atoms with Crippen LogP contribution in [0.15, 0.2) is 53.6 Å². The Hall–Kier alpha value is -2.99. The van der Waals surface area contributed by atoms with E-state index in [1.54, 1.807) is 5.01 Å². The average molecular weight is 448 g/mol. The van der Waals surface area contributed by atoms with Crippen LogP contribution < -0.4 is 0 Å². The number of hydrogen-bond acceptors (Lipinski definition) is 5. The van der Waals surface area contributed by atoms with Crippen LogP contribution in [-0.4, -0.2) is 53.7 Å². The van der Waals surface area contributed by atoms with E-state index in [-0.39, 0.29) is 30.4 Å². The number of benzene rings is 2. The third-order valence-electron chi connectivity index (χ3n) is 6.46. The van der Waals surface area contributed by atoms with Crippen molar-refractivity contribution in [3.05, 3.63) is 70.8 Å². The molecule has 0 spiro atoms. The topological polar surface area (TPSA) is 62.2 Å². The van der Waals surface area contributed by atoms with E-state index in [1.165, 1.54) is 11.1 Å². The van der Waals surface area contributed by atoms with Crippen molar-refractivity contribution in [3.8, 4) is 0 Å². The molecule has 0 N–H and O–H groups in total. The molecule has 2 aromatic carbocycles. The second-order valence-electron chi connectivity index (χ2n) is 9.11. The number of esters is 1. The van der Waals surface area contributed by atoms with Crippen LogP contribution in [0.25, 0.3) is 0 Å². The van der Waals surface area contributed by atoms with Crippen molar-refractivity contribution in [2.45, 2.75) is 46.1 Å². The Bertz CT molecular complexity index is 1030. The molecule has 33 heavy (non-hydrogen) atoms. The van der Waals surface area contributed by atoms with Gasteiger partial charge in [-0.1, -0.05) is 59.7 Å². The fourth-order valence-electron chi connectivity index (χ4n) is 4.70. The molecular formula is C27H33N3O3. The molecule has 0 unspecified atom stereocenters. The Balaban J connectivity index is 1.54. The summed E-state index contributed by atoms with van der Waals surface area (Å²) < 4.78 is 5.21. The highest BCUT2D eigenvalue weighted by molar-refractivity contribution is 6.03. The van der Waals surface area contributed by atoms with Crippen LogP contribution in [0.3, 0.4) is 0 Å². The minimum Gasteiger partial charge on any atom is -0.466 e. The number of carbonyl (C=O) groups is 2. The van der Waals surface area contributed by atoms with Gasteiger partial charge in [0.2, 0.25) is 0 Å². The van der Waals surface area contributed by atoms with Gasteiger partial charge in [-0.15, -0.1) is 0 Å². The third kappa shape index (κ3) is 5.50. The summed E-state index contributed by atoms with van der Waals surface area (Å²) in [5.41, 5.74) is 5.43. The maximum Gasteiger partial charge on any atom is 0.310 e. The normalized spacial score (nSPS) is 21.1. The van der Waals surface area contributed by atoms with E-state index in [0.717, 1.165) is 36.2 Å². The van der Waals surface area contributed by atoms with Crippen LogP contribution >= 0.6 is 0 Å². The third-order valence-corrected chi connectivity index (χ3v) is 6.46. The van der Waals surface area contributed by atoms with Gasteiger partial charge in [0, 0.05) is 13.0 Å². The van der Waals surface area contributed by atoms with Gasteiger partial charge in [-0.3, -0.25) is 14.5 Å². The predicted octanol–water partition coefficient (Wildman–Crippen LogP) is 4.26. The first-order valence-electron chi connectivity index (χ1n) is 11.9. The molecule has 1 saturated heterocycles. The van der Waals surface area contributed by atoms with Crippen molar-refractivity contribution >= 4 is 17.6 Å². The van der Waals surface area contributed by atoms with Crippen LogP contribution in [0.2, 0.25) is 0 Å². The number of piperidine rings is 1. The quantitative estimate of drug-likeness (QED) is 0.621. The molecule has 0 aromatic heterocycles. The molecule has 2 aliphatic rings. The zero-order valence-corrected chi connectivity index (χ0v) is 19.8. The molecule has 2 atom stereocenters. The Labute approximate surface area is 196 Å². The molecule has 2 heterocycles. The van der Waals surface area contributed by atoms with Gasteiger partial charge in [0.1, 0.15) is 0 Å². The van der Waals surface area contributed by atoms with E-state index in [0.29, 0.717) is 19.6 Å². The fraction of sp³-hybridized carbons (Fsp3) is 0.444. The molecule has 0 aliphatic carbocycles. The molecule has 2 aromatic rings. The highest BCUT2D eigenvalue weighted by Crippen LogP contribution is 2.33. The average Bonchev–Trinajstić information content (AvgIpc) is 3.26. The standard InChI is InChI=1S/C27H33N3O3/c1-4-33-27(32)23-9-6-14-29(17-23)18-26(31)30-25(21-12-10-19(2)11-13-21)16-24(28-30)22-8-5-7-20(3)15-22/h5,7-8,10-13,15,23,25H,4,6,9,14,16-18H2,1-3H3/t23-,25-/m0/s1. The van der Waals surface area contributed by atoms with Crippen molar-refractivity contribution in [3.63, 3.8) is 0 Å². The lowest BCUT2D eigenvalue weighted by atomic mass is 9.96. The second-order valence-corrected chi connectivity index (χ2v) is 9.11. The first-order valence-corrected chi connectivity index (χ1v) is 11.9. The molecule has 0 saturated carbocycles.